The van der Waals surface area contributed by atoms with Crippen LogP contribution in [0.25, 0.3) is 21.3 Å². The summed E-state index contributed by atoms with van der Waals surface area (Å²) in [6.45, 7) is 2.10. The molecule has 1 N–H and O–H groups in total. The second-order valence-electron chi connectivity index (χ2n) is 5.55. The summed E-state index contributed by atoms with van der Waals surface area (Å²) in [7, 11) is 0. The number of aromatic nitrogens is 2. The maximum atomic E-state index is 4.47. The average molecular weight is 396 g/mol. The third kappa shape index (κ3) is 2.92. The molecular formula is C19H14BrN3S. The topological polar surface area (TPSA) is 37.8 Å². The van der Waals surface area contributed by atoms with E-state index in [1.54, 1.807) is 17.7 Å². The Morgan fingerprint density at radius 2 is 1.71 bits per heavy atom. The van der Waals surface area contributed by atoms with Gasteiger partial charge in [0.05, 0.1) is 5.39 Å². The molecule has 24 heavy (non-hydrogen) atoms. The van der Waals surface area contributed by atoms with Gasteiger partial charge in [0.2, 0.25) is 0 Å². The van der Waals surface area contributed by atoms with E-state index in [2.05, 4.69) is 67.8 Å². The van der Waals surface area contributed by atoms with E-state index in [1.807, 2.05) is 24.3 Å². The summed E-state index contributed by atoms with van der Waals surface area (Å²) in [5.41, 5.74) is 4.60. The molecule has 0 aliphatic rings. The van der Waals surface area contributed by atoms with Crippen LogP contribution < -0.4 is 5.32 Å². The number of nitrogens with zero attached hydrogens (tertiary/aromatic N) is 2. The zero-order valence-electron chi connectivity index (χ0n) is 13.0. The molecule has 0 spiro atoms. The van der Waals surface area contributed by atoms with Gasteiger partial charge < -0.3 is 5.32 Å². The smallest absolute Gasteiger partial charge is 0.143 e. The molecule has 0 saturated carbocycles. The van der Waals surface area contributed by atoms with E-state index in [-0.39, 0.29) is 0 Å². The Morgan fingerprint density at radius 1 is 0.958 bits per heavy atom. The normalized spacial score (nSPS) is 10.9. The molecule has 0 fully saturated rings. The van der Waals surface area contributed by atoms with E-state index in [9.17, 15) is 0 Å². The van der Waals surface area contributed by atoms with Gasteiger partial charge >= 0.3 is 0 Å². The molecule has 2 aromatic carbocycles. The minimum Gasteiger partial charge on any atom is -0.340 e. The summed E-state index contributed by atoms with van der Waals surface area (Å²) in [6, 6.07) is 16.6. The van der Waals surface area contributed by atoms with Crippen molar-refractivity contribution in [3.8, 4) is 11.1 Å². The summed E-state index contributed by atoms with van der Waals surface area (Å²) in [5.74, 6) is 0.833. The van der Waals surface area contributed by atoms with Crippen molar-refractivity contribution in [3.63, 3.8) is 0 Å². The van der Waals surface area contributed by atoms with Crippen LogP contribution in [0.1, 0.15) is 5.56 Å². The molecule has 2 aromatic heterocycles. The zero-order valence-corrected chi connectivity index (χ0v) is 15.4. The molecule has 0 bridgehead atoms. The molecule has 0 atom stereocenters. The third-order valence-corrected chi connectivity index (χ3v) is 5.25. The van der Waals surface area contributed by atoms with Crippen molar-refractivity contribution >= 4 is 49.0 Å². The number of fused-ring (bicyclic) bond motifs is 1. The largest absolute Gasteiger partial charge is 0.340 e. The van der Waals surface area contributed by atoms with Gasteiger partial charge in [0.25, 0.3) is 0 Å². The quantitative estimate of drug-likeness (QED) is 0.450. The van der Waals surface area contributed by atoms with Crippen LogP contribution in [0, 0.1) is 6.92 Å². The fraction of sp³-hybridized carbons (Fsp3) is 0.0526. The molecule has 0 amide bonds. The molecule has 118 valence electrons. The summed E-state index contributed by atoms with van der Waals surface area (Å²) in [4.78, 5) is 9.88. The first-order valence-electron chi connectivity index (χ1n) is 7.52. The van der Waals surface area contributed by atoms with Crippen molar-refractivity contribution in [1.82, 2.24) is 9.97 Å². The van der Waals surface area contributed by atoms with Crippen molar-refractivity contribution in [2.75, 3.05) is 5.32 Å². The first-order valence-corrected chi connectivity index (χ1v) is 9.20. The Balaban J connectivity index is 1.82. The second-order valence-corrected chi connectivity index (χ2v) is 7.32. The van der Waals surface area contributed by atoms with E-state index in [4.69, 9.17) is 0 Å². The highest BCUT2D eigenvalue weighted by molar-refractivity contribution is 9.10. The van der Waals surface area contributed by atoms with E-state index in [0.717, 1.165) is 31.8 Å². The second kappa shape index (κ2) is 6.34. The van der Waals surface area contributed by atoms with Gasteiger partial charge in [0.1, 0.15) is 17.0 Å². The van der Waals surface area contributed by atoms with Crippen LogP contribution in [0.15, 0.2) is 64.7 Å². The van der Waals surface area contributed by atoms with Gasteiger partial charge in [-0.3, -0.25) is 0 Å². The van der Waals surface area contributed by atoms with Gasteiger partial charge in [-0.2, -0.15) is 0 Å². The lowest BCUT2D eigenvalue weighted by Gasteiger charge is -2.09. The molecule has 3 nitrogen and oxygen atoms in total. The van der Waals surface area contributed by atoms with E-state index >= 15 is 0 Å². The molecule has 0 saturated heterocycles. The Labute approximate surface area is 152 Å². The molecule has 5 heteroatoms. The molecule has 4 aromatic rings. The van der Waals surface area contributed by atoms with Gasteiger partial charge in [0.15, 0.2) is 0 Å². The number of nitrogens with one attached hydrogen (secondary N) is 1. The highest BCUT2D eigenvalue weighted by Gasteiger charge is 2.13. The van der Waals surface area contributed by atoms with Gasteiger partial charge in [-0.25, -0.2) is 9.97 Å². The lowest BCUT2D eigenvalue weighted by molar-refractivity contribution is 1.23. The molecule has 2 heterocycles. The van der Waals surface area contributed by atoms with Crippen molar-refractivity contribution in [2.24, 2.45) is 0 Å². The first kappa shape index (κ1) is 15.3. The van der Waals surface area contributed by atoms with Crippen molar-refractivity contribution in [2.45, 2.75) is 6.92 Å². The van der Waals surface area contributed by atoms with Crippen LogP contribution in [-0.4, -0.2) is 9.97 Å². The Morgan fingerprint density at radius 3 is 2.46 bits per heavy atom. The number of hydrogen-bond donors (Lipinski definition) is 1. The number of benzene rings is 2. The van der Waals surface area contributed by atoms with Crippen molar-refractivity contribution in [1.29, 1.82) is 0 Å². The number of rotatable bonds is 3. The Hall–Kier alpha value is -2.24. The maximum Gasteiger partial charge on any atom is 0.143 e. The van der Waals surface area contributed by atoms with Gasteiger partial charge in [-0.1, -0.05) is 45.8 Å². The molecule has 0 aliphatic carbocycles. The van der Waals surface area contributed by atoms with Crippen LogP contribution in [0.3, 0.4) is 0 Å². The van der Waals surface area contributed by atoms with E-state index in [0.29, 0.717) is 0 Å². The molecule has 0 aliphatic heterocycles. The minimum absolute atomic E-state index is 0.833. The molecule has 4 rings (SSSR count). The number of hydrogen-bond acceptors (Lipinski definition) is 4. The van der Waals surface area contributed by atoms with E-state index < -0.39 is 0 Å². The van der Waals surface area contributed by atoms with Crippen molar-refractivity contribution < 1.29 is 0 Å². The van der Waals surface area contributed by atoms with Crippen LogP contribution in [0.5, 0.6) is 0 Å². The molecule has 0 radical (unpaired) electrons. The highest BCUT2D eigenvalue weighted by atomic mass is 79.9. The van der Waals surface area contributed by atoms with Gasteiger partial charge in [-0.15, -0.1) is 11.3 Å². The predicted octanol–water partition coefficient (Wildman–Crippen LogP) is 6.17. The van der Waals surface area contributed by atoms with Crippen LogP contribution >= 0.6 is 27.3 Å². The summed E-state index contributed by atoms with van der Waals surface area (Å²) < 4.78 is 1.05. The summed E-state index contributed by atoms with van der Waals surface area (Å²) >= 11 is 5.10. The predicted molar refractivity (Wildman–Crippen MR) is 105 cm³/mol. The molecular weight excluding hydrogens is 382 g/mol. The minimum atomic E-state index is 0.833. The molecule has 0 unspecified atom stereocenters. The first-order chi connectivity index (χ1) is 11.7. The fourth-order valence-electron chi connectivity index (χ4n) is 2.59. The van der Waals surface area contributed by atoms with Gasteiger partial charge in [0, 0.05) is 21.1 Å². The fourth-order valence-corrected chi connectivity index (χ4v) is 3.77. The number of halogens is 1. The SMILES string of the molecule is Cc1ccc(-c2csc3ncnc(Nc4ccc(Br)cc4)c23)cc1. The highest BCUT2D eigenvalue weighted by Crippen LogP contribution is 2.37. The standard InChI is InChI=1S/C19H14BrN3S/c1-12-2-4-13(5-3-12)16-10-24-19-17(16)18(21-11-22-19)23-15-8-6-14(20)7-9-15/h2-11H,1H3,(H,21,22,23). The van der Waals surface area contributed by atoms with Gasteiger partial charge in [-0.05, 0) is 36.8 Å². The van der Waals surface area contributed by atoms with Crippen LogP contribution in [0.2, 0.25) is 0 Å². The summed E-state index contributed by atoms with van der Waals surface area (Å²) in [5, 5.41) is 6.63. The average Bonchev–Trinajstić information content (AvgIpc) is 3.03. The zero-order chi connectivity index (χ0) is 16.5. The number of thiophene rings is 1. The van der Waals surface area contributed by atoms with E-state index in [1.165, 1.54) is 11.1 Å². The monoisotopic (exact) mass is 395 g/mol. The van der Waals surface area contributed by atoms with Crippen molar-refractivity contribution in [3.05, 3.63) is 70.3 Å². The lowest BCUT2D eigenvalue weighted by Crippen LogP contribution is -1.95. The summed E-state index contributed by atoms with van der Waals surface area (Å²) in [6.07, 6.45) is 1.61. The third-order valence-electron chi connectivity index (χ3n) is 3.84. The Bertz CT molecular complexity index is 991. The lowest BCUT2D eigenvalue weighted by atomic mass is 10.0. The van der Waals surface area contributed by atoms with Crippen LogP contribution in [0.4, 0.5) is 11.5 Å². The number of aryl methyl sites for hydroxylation is 1. The Kier molecular flexibility index (Phi) is 4.04. The maximum absolute atomic E-state index is 4.47. The number of anilines is 2. The van der Waals surface area contributed by atoms with Crippen LogP contribution in [-0.2, 0) is 0 Å².